The summed E-state index contributed by atoms with van der Waals surface area (Å²) in [4.78, 5) is 0.983. The Morgan fingerprint density at radius 1 is 1.19 bits per heavy atom. The van der Waals surface area contributed by atoms with Crippen LogP contribution >= 0.6 is 59.1 Å². The predicted molar refractivity (Wildman–Crippen MR) is 97.3 cm³/mol. The second-order valence-corrected chi connectivity index (χ2v) is 10.1. The first-order valence-corrected chi connectivity index (χ1v) is 10.4. The number of nitrogens with one attached hydrogen (secondary N) is 1. The van der Waals surface area contributed by atoms with Gasteiger partial charge in [0, 0.05) is 20.4 Å². The third-order valence-corrected chi connectivity index (χ3v) is 7.50. The van der Waals surface area contributed by atoms with Gasteiger partial charge in [0.1, 0.15) is 4.90 Å². The summed E-state index contributed by atoms with van der Waals surface area (Å²) in [6.07, 6.45) is 0. The lowest BCUT2D eigenvalue weighted by atomic mass is 10.2. The third-order valence-electron chi connectivity index (χ3n) is 2.62. The van der Waals surface area contributed by atoms with E-state index in [4.69, 9.17) is 5.73 Å². The van der Waals surface area contributed by atoms with E-state index in [9.17, 15) is 8.42 Å². The van der Waals surface area contributed by atoms with Crippen molar-refractivity contribution in [1.29, 1.82) is 0 Å². The van der Waals surface area contributed by atoms with E-state index in [0.717, 1.165) is 10.4 Å². The number of thiophene rings is 1. The van der Waals surface area contributed by atoms with Crippen molar-refractivity contribution in [2.75, 3.05) is 4.72 Å². The Hall–Kier alpha value is 0.0700. The number of sulfonamides is 1. The molecule has 0 spiro atoms. The Bertz CT molecular complexity index is 765. The van der Waals surface area contributed by atoms with Crippen LogP contribution in [-0.4, -0.2) is 8.42 Å². The van der Waals surface area contributed by atoms with Gasteiger partial charge in [-0.15, -0.1) is 11.3 Å². The number of hydrogen-bond acceptors (Lipinski definition) is 4. The summed E-state index contributed by atoms with van der Waals surface area (Å²) in [5.41, 5.74) is 7.03. The molecule has 0 bridgehead atoms. The molecule has 21 heavy (non-hydrogen) atoms. The minimum absolute atomic E-state index is 0.187. The van der Waals surface area contributed by atoms with Gasteiger partial charge in [-0.3, -0.25) is 4.72 Å². The molecule has 0 aliphatic heterocycles. The first-order valence-electron chi connectivity index (χ1n) is 5.71. The van der Waals surface area contributed by atoms with E-state index in [1.54, 1.807) is 6.07 Å². The van der Waals surface area contributed by atoms with E-state index in [0.29, 0.717) is 25.0 Å². The molecular weight excluding hydrogens is 508 g/mol. The SMILES string of the molecule is Cc1cc(Br)c(NS(=O)(=O)c2cc(CN)sc2Br)c(Br)c1. The highest BCUT2D eigenvalue weighted by atomic mass is 79.9. The lowest BCUT2D eigenvalue weighted by Crippen LogP contribution is -2.13. The molecule has 4 nitrogen and oxygen atoms in total. The summed E-state index contributed by atoms with van der Waals surface area (Å²) >= 11 is 11.3. The van der Waals surface area contributed by atoms with E-state index in [-0.39, 0.29) is 4.90 Å². The molecule has 0 saturated carbocycles. The third kappa shape index (κ3) is 3.89. The number of benzene rings is 1. The van der Waals surface area contributed by atoms with Crippen molar-refractivity contribution in [2.24, 2.45) is 5.73 Å². The van der Waals surface area contributed by atoms with Gasteiger partial charge in [-0.05, 0) is 78.5 Å². The first-order chi connectivity index (χ1) is 9.74. The van der Waals surface area contributed by atoms with E-state index in [2.05, 4.69) is 52.5 Å². The highest BCUT2D eigenvalue weighted by Crippen LogP contribution is 2.37. The molecule has 0 amide bonds. The largest absolute Gasteiger partial charge is 0.326 e. The second-order valence-electron chi connectivity index (χ2n) is 4.26. The maximum atomic E-state index is 12.5. The molecule has 1 aromatic heterocycles. The van der Waals surface area contributed by atoms with Crippen LogP contribution in [0.2, 0.25) is 0 Å². The van der Waals surface area contributed by atoms with Gasteiger partial charge in [-0.25, -0.2) is 8.42 Å². The van der Waals surface area contributed by atoms with Crippen molar-refractivity contribution < 1.29 is 8.42 Å². The van der Waals surface area contributed by atoms with Crippen LogP contribution in [0.1, 0.15) is 10.4 Å². The van der Waals surface area contributed by atoms with Crippen molar-refractivity contribution in [3.05, 3.63) is 41.4 Å². The molecule has 2 aromatic rings. The van der Waals surface area contributed by atoms with Crippen molar-refractivity contribution in [3.8, 4) is 0 Å². The molecule has 114 valence electrons. The molecule has 0 unspecified atom stereocenters. The lowest BCUT2D eigenvalue weighted by molar-refractivity contribution is 0.601. The van der Waals surface area contributed by atoms with Crippen molar-refractivity contribution >= 4 is 74.8 Å². The van der Waals surface area contributed by atoms with Crippen LogP contribution < -0.4 is 10.5 Å². The summed E-state index contributed by atoms with van der Waals surface area (Å²) in [5, 5.41) is 0. The van der Waals surface area contributed by atoms with Gasteiger partial charge in [0.25, 0.3) is 10.0 Å². The van der Waals surface area contributed by atoms with Gasteiger partial charge < -0.3 is 5.73 Å². The fourth-order valence-corrected chi connectivity index (χ4v) is 7.21. The first kappa shape index (κ1) is 17.4. The van der Waals surface area contributed by atoms with Gasteiger partial charge in [-0.1, -0.05) is 0 Å². The number of rotatable bonds is 4. The van der Waals surface area contributed by atoms with E-state index >= 15 is 0 Å². The molecule has 0 fully saturated rings. The highest BCUT2D eigenvalue weighted by molar-refractivity contribution is 9.11. The maximum Gasteiger partial charge on any atom is 0.263 e. The lowest BCUT2D eigenvalue weighted by Gasteiger charge is -2.12. The van der Waals surface area contributed by atoms with Gasteiger partial charge in [0.2, 0.25) is 0 Å². The Morgan fingerprint density at radius 2 is 1.76 bits per heavy atom. The molecular formula is C12H11Br3N2O2S2. The Morgan fingerprint density at radius 3 is 2.24 bits per heavy atom. The molecule has 0 aliphatic carbocycles. The zero-order valence-electron chi connectivity index (χ0n) is 10.8. The molecule has 1 heterocycles. The van der Waals surface area contributed by atoms with E-state index in [1.807, 2.05) is 19.1 Å². The minimum atomic E-state index is -3.69. The average Bonchev–Trinajstić information content (AvgIpc) is 2.76. The summed E-state index contributed by atoms with van der Waals surface area (Å²) in [5.74, 6) is 0. The number of hydrogen-bond donors (Lipinski definition) is 2. The molecule has 0 radical (unpaired) electrons. The molecule has 0 atom stereocenters. The van der Waals surface area contributed by atoms with Gasteiger partial charge in [-0.2, -0.15) is 0 Å². The van der Waals surface area contributed by atoms with Crippen LogP contribution in [0.3, 0.4) is 0 Å². The Labute approximate surface area is 152 Å². The van der Waals surface area contributed by atoms with Gasteiger partial charge in [0.15, 0.2) is 0 Å². The number of anilines is 1. The highest BCUT2D eigenvalue weighted by Gasteiger charge is 2.22. The summed E-state index contributed by atoms with van der Waals surface area (Å²) in [7, 11) is -3.69. The summed E-state index contributed by atoms with van der Waals surface area (Å²) < 4.78 is 29.5. The summed E-state index contributed by atoms with van der Waals surface area (Å²) in [6.45, 7) is 2.23. The van der Waals surface area contributed by atoms with Crippen molar-refractivity contribution in [2.45, 2.75) is 18.4 Å². The standard InChI is InChI=1S/C12H11Br3N2O2S2/c1-6-2-8(13)11(9(14)3-6)17-21(18,19)10-4-7(5-16)20-12(10)15/h2-4,17H,5,16H2,1H3. The van der Waals surface area contributed by atoms with Gasteiger partial charge in [0.05, 0.1) is 9.47 Å². The maximum absolute atomic E-state index is 12.5. The molecule has 3 N–H and O–H groups in total. The molecule has 2 rings (SSSR count). The van der Waals surface area contributed by atoms with Crippen LogP contribution in [0.5, 0.6) is 0 Å². The smallest absolute Gasteiger partial charge is 0.263 e. The number of aryl methyl sites for hydroxylation is 1. The van der Waals surface area contributed by atoms with E-state index < -0.39 is 10.0 Å². The predicted octanol–water partition coefficient (Wildman–Crippen LogP) is 4.60. The number of halogens is 3. The number of nitrogens with two attached hydrogens (primary N) is 1. The van der Waals surface area contributed by atoms with Crippen LogP contribution in [0.15, 0.2) is 35.8 Å². The van der Waals surface area contributed by atoms with Crippen LogP contribution in [0.25, 0.3) is 0 Å². The summed E-state index contributed by atoms with van der Waals surface area (Å²) in [6, 6.07) is 5.26. The topological polar surface area (TPSA) is 72.2 Å². The normalized spacial score (nSPS) is 11.7. The molecule has 9 heteroatoms. The molecule has 0 saturated heterocycles. The zero-order valence-corrected chi connectivity index (χ0v) is 17.2. The Balaban J connectivity index is 2.44. The van der Waals surface area contributed by atoms with Gasteiger partial charge >= 0.3 is 0 Å². The quantitative estimate of drug-likeness (QED) is 0.621. The Kier molecular flexibility index (Phi) is 5.54. The minimum Gasteiger partial charge on any atom is -0.326 e. The second kappa shape index (κ2) is 6.67. The zero-order chi connectivity index (χ0) is 15.8. The van der Waals surface area contributed by atoms with Crippen molar-refractivity contribution in [3.63, 3.8) is 0 Å². The van der Waals surface area contributed by atoms with E-state index in [1.165, 1.54) is 11.3 Å². The monoisotopic (exact) mass is 516 g/mol. The molecule has 1 aromatic carbocycles. The fourth-order valence-electron chi connectivity index (χ4n) is 1.67. The van der Waals surface area contributed by atoms with Crippen molar-refractivity contribution in [1.82, 2.24) is 0 Å². The molecule has 0 aliphatic rings. The van der Waals surface area contributed by atoms with Crippen LogP contribution in [-0.2, 0) is 16.6 Å². The average molecular weight is 519 g/mol. The fraction of sp³-hybridized carbons (Fsp3) is 0.167. The van der Waals surface area contributed by atoms with Crippen LogP contribution in [0, 0.1) is 6.92 Å². The van der Waals surface area contributed by atoms with Crippen LogP contribution in [0.4, 0.5) is 5.69 Å².